The molecule has 2 N–H and O–H groups in total. The average Bonchev–Trinajstić information content (AvgIpc) is 3.19. The summed E-state index contributed by atoms with van der Waals surface area (Å²) >= 11 is 0. The predicted octanol–water partition coefficient (Wildman–Crippen LogP) is 3.71. The number of nitrogens with zero attached hydrogens (tertiary/aromatic N) is 3. The SMILES string of the molecule is COc1cc(N(CCO)CCO)ccc1/C=C1/O/C(=N/C2CCCCC2)N(C2CCCCC2)C1=O. The molecule has 1 aromatic carbocycles. The molecule has 35 heavy (non-hydrogen) atoms. The number of aliphatic hydroxyl groups is 2. The Hall–Kier alpha value is -2.58. The fourth-order valence-electron chi connectivity index (χ4n) is 5.37. The molecule has 192 valence electrons. The molecule has 2 aliphatic carbocycles. The van der Waals surface area contributed by atoms with Crippen LogP contribution in [0.25, 0.3) is 6.08 Å². The van der Waals surface area contributed by atoms with Crippen LogP contribution >= 0.6 is 0 Å². The smallest absolute Gasteiger partial charge is 0.300 e. The van der Waals surface area contributed by atoms with Crippen LogP contribution in [-0.2, 0) is 9.53 Å². The summed E-state index contributed by atoms with van der Waals surface area (Å²) in [4.78, 5) is 22.2. The maximum absolute atomic E-state index is 13.6. The van der Waals surface area contributed by atoms with Gasteiger partial charge >= 0.3 is 6.02 Å². The van der Waals surface area contributed by atoms with Gasteiger partial charge in [0.2, 0.25) is 0 Å². The zero-order valence-corrected chi connectivity index (χ0v) is 20.8. The first-order chi connectivity index (χ1) is 17.1. The van der Waals surface area contributed by atoms with E-state index in [1.165, 1.54) is 25.7 Å². The molecule has 4 rings (SSSR count). The second-order valence-corrected chi connectivity index (χ2v) is 9.64. The van der Waals surface area contributed by atoms with Crippen LogP contribution in [0.4, 0.5) is 5.69 Å². The van der Waals surface area contributed by atoms with Crippen LogP contribution in [0.3, 0.4) is 0 Å². The highest BCUT2D eigenvalue weighted by Crippen LogP contribution is 2.33. The molecule has 0 unspecified atom stereocenters. The van der Waals surface area contributed by atoms with Crippen molar-refractivity contribution in [2.75, 3.05) is 38.3 Å². The lowest BCUT2D eigenvalue weighted by Crippen LogP contribution is -2.41. The van der Waals surface area contributed by atoms with Gasteiger partial charge < -0.3 is 24.6 Å². The van der Waals surface area contributed by atoms with Crippen LogP contribution in [0.15, 0.2) is 29.0 Å². The molecule has 3 fully saturated rings. The van der Waals surface area contributed by atoms with E-state index in [0.717, 1.165) is 49.8 Å². The zero-order valence-electron chi connectivity index (χ0n) is 20.8. The van der Waals surface area contributed by atoms with Gasteiger partial charge in [-0.2, -0.15) is 0 Å². The Morgan fingerprint density at radius 2 is 1.71 bits per heavy atom. The van der Waals surface area contributed by atoms with Gasteiger partial charge in [0.05, 0.1) is 26.4 Å². The first kappa shape index (κ1) is 25.5. The van der Waals surface area contributed by atoms with Gasteiger partial charge in [-0.15, -0.1) is 0 Å². The van der Waals surface area contributed by atoms with Crippen molar-refractivity contribution in [2.45, 2.75) is 76.3 Å². The Bertz CT molecular complexity index is 913. The van der Waals surface area contributed by atoms with Crippen molar-refractivity contribution in [3.8, 4) is 5.75 Å². The topological polar surface area (TPSA) is 94.8 Å². The van der Waals surface area contributed by atoms with E-state index < -0.39 is 0 Å². The number of hydrogen-bond donors (Lipinski definition) is 2. The summed E-state index contributed by atoms with van der Waals surface area (Å²) < 4.78 is 11.8. The van der Waals surface area contributed by atoms with Crippen molar-refractivity contribution in [3.63, 3.8) is 0 Å². The second-order valence-electron chi connectivity index (χ2n) is 9.64. The Labute approximate surface area is 208 Å². The van der Waals surface area contributed by atoms with Crippen molar-refractivity contribution in [1.82, 2.24) is 4.90 Å². The highest BCUT2D eigenvalue weighted by atomic mass is 16.5. The van der Waals surface area contributed by atoms with Gasteiger partial charge in [-0.25, -0.2) is 4.99 Å². The van der Waals surface area contributed by atoms with Gasteiger partial charge in [0.25, 0.3) is 5.91 Å². The molecule has 8 heteroatoms. The van der Waals surface area contributed by atoms with Crippen LogP contribution in [0, 0.1) is 0 Å². The van der Waals surface area contributed by atoms with Crippen LogP contribution in [-0.4, -0.2) is 72.5 Å². The van der Waals surface area contributed by atoms with Gasteiger partial charge in [-0.05, 0) is 43.9 Å². The first-order valence-electron chi connectivity index (χ1n) is 13.1. The number of rotatable bonds is 9. The summed E-state index contributed by atoms with van der Waals surface area (Å²) in [5.41, 5.74) is 1.56. The number of benzene rings is 1. The molecule has 2 saturated carbocycles. The van der Waals surface area contributed by atoms with Crippen molar-refractivity contribution in [2.24, 2.45) is 4.99 Å². The number of ether oxygens (including phenoxy) is 2. The lowest BCUT2D eigenvalue weighted by Gasteiger charge is -2.29. The minimum absolute atomic E-state index is 0.0173. The molecule has 8 nitrogen and oxygen atoms in total. The molecular formula is C27H39N3O5. The van der Waals surface area contributed by atoms with Gasteiger partial charge in [0, 0.05) is 36.4 Å². The molecule has 0 atom stereocenters. The Kier molecular flexibility index (Phi) is 9.04. The quantitative estimate of drug-likeness (QED) is 0.518. The lowest BCUT2D eigenvalue weighted by molar-refractivity contribution is -0.124. The minimum Gasteiger partial charge on any atom is -0.496 e. The van der Waals surface area contributed by atoms with E-state index in [1.54, 1.807) is 13.2 Å². The fraction of sp³-hybridized carbons (Fsp3) is 0.630. The first-order valence-corrected chi connectivity index (χ1v) is 13.1. The summed E-state index contributed by atoms with van der Waals surface area (Å²) in [6.07, 6.45) is 12.9. The summed E-state index contributed by atoms with van der Waals surface area (Å²) in [5.74, 6) is 0.743. The number of amides is 1. The van der Waals surface area contributed by atoms with Crippen LogP contribution in [0.5, 0.6) is 5.75 Å². The highest BCUT2D eigenvalue weighted by Gasteiger charge is 2.40. The molecule has 1 aliphatic heterocycles. The summed E-state index contributed by atoms with van der Waals surface area (Å²) in [6.45, 7) is 0.777. The number of amidine groups is 1. The van der Waals surface area contributed by atoms with E-state index in [1.807, 2.05) is 28.0 Å². The molecule has 0 spiro atoms. The number of carbonyl (C=O) groups excluding carboxylic acids is 1. The third-order valence-electron chi connectivity index (χ3n) is 7.25. The van der Waals surface area contributed by atoms with Crippen molar-refractivity contribution in [3.05, 3.63) is 29.5 Å². The Morgan fingerprint density at radius 3 is 2.34 bits per heavy atom. The van der Waals surface area contributed by atoms with Crippen LogP contribution in [0.1, 0.15) is 69.8 Å². The average molecular weight is 486 g/mol. The fourth-order valence-corrected chi connectivity index (χ4v) is 5.37. The molecular weight excluding hydrogens is 446 g/mol. The van der Waals surface area contributed by atoms with Crippen molar-refractivity contribution < 1.29 is 24.5 Å². The van der Waals surface area contributed by atoms with Gasteiger partial charge in [-0.1, -0.05) is 38.5 Å². The number of hydrogen-bond acceptors (Lipinski definition) is 7. The molecule has 1 heterocycles. The molecule has 0 aromatic heterocycles. The van der Waals surface area contributed by atoms with Gasteiger partial charge in [0.15, 0.2) is 5.76 Å². The number of methoxy groups -OCH3 is 1. The molecule has 0 bridgehead atoms. The normalized spacial score (nSPS) is 22.1. The third-order valence-corrected chi connectivity index (χ3v) is 7.25. The van der Waals surface area contributed by atoms with Crippen molar-refractivity contribution in [1.29, 1.82) is 0 Å². The largest absolute Gasteiger partial charge is 0.496 e. The van der Waals surface area contributed by atoms with E-state index in [2.05, 4.69) is 0 Å². The van der Waals surface area contributed by atoms with Crippen molar-refractivity contribution >= 4 is 23.7 Å². The van der Waals surface area contributed by atoms with Crippen LogP contribution < -0.4 is 9.64 Å². The summed E-state index contributed by atoms with van der Waals surface area (Å²) in [7, 11) is 1.59. The van der Waals surface area contributed by atoms with E-state index in [9.17, 15) is 15.0 Å². The lowest BCUT2D eigenvalue weighted by atomic mass is 9.94. The standard InChI is InChI=1S/C27H39N3O5/c1-34-24-19-23(29(14-16-31)15-17-32)13-12-20(24)18-25-26(33)30(22-10-6-3-7-11-22)27(35-25)28-21-8-4-2-5-9-21/h12-13,18-19,21-22,31-32H,2-11,14-17H2,1H3/b25-18+,28-27+. The second kappa shape index (κ2) is 12.4. The highest BCUT2D eigenvalue weighted by molar-refractivity contribution is 6.11. The van der Waals surface area contributed by atoms with E-state index in [0.29, 0.717) is 24.9 Å². The zero-order chi connectivity index (χ0) is 24.6. The predicted molar refractivity (Wildman–Crippen MR) is 136 cm³/mol. The maximum Gasteiger partial charge on any atom is 0.300 e. The number of carbonyl (C=O) groups is 1. The molecule has 1 saturated heterocycles. The molecule has 0 radical (unpaired) electrons. The van der Waals surface area contributed by atoms with E-state index >= 15 is 0 Å². The molecule has 1 aromatic rings. The number of aliphatic hydroxyl groups excluding tert-OH is 2. The minimum atomic E-state index is -0.125. The third kappa shape index (κ3) is 6.16. The van der Waals surface area contributed by atoms with Gasteiger partial charge in [-0.3, -0.25) is 9.69 Å². The van der Waals surface area contributed by atoms with E-state index in [-0.39, 0.29) is 37.0 Å². The Balaban J connectivity index is 1.62. The summed E-state index contributed by atoms with van der Waals surface area (Å²) in [5, 5.41) is 18.7. The number of aliphatic imine (C=N–C) groups is 1. The number of anilines is 1. The van der Waals surface area contributed by atoms with Gasteiger partial charge in [0.1, 0.15) is 5.75 Å². The molecule has 3 aliphatic rings. The van der Waals surface area contributed by atoms with Crippen LogP contribution in [0.2, 0.25) is 0 Å². The molecule has 1 amide bonds. The monoisotopic (exact) mass is 485 g/mol. The van der Waals surface area contributed by atoms with E-state index in [4.69, 9.17) is 14.5 Å². The Morgan fingerprint density at radius 1 is 1.06 bits per heavy atom. The maximum atomic E-state index is 13.6. The summed E-state index contributed by atoms with van der Waals surface area (Å²) in [6, 6.07) is 6.45.